The van der Waals surface area contributed by atoms with E-state index in [0.717, 1.165) is 14.5 Å². The Balaban J connectivity index is 2.16. The maximum Gasteiger partial charge on any atom is 0.231 e. The Morgan fingerprint density at radius 2 is 2.20 bits per heavy atom. The molecule has 1 aromatic heterocycles. The van der Waals surface area contributed by atoms with Crippen molar-refractivity contribution in [2.45, 2.75) is 6.54 Å². The Morgan fingerprint density at radius 3 is 2.85 bits per heavy atom. The first-order chi connectivity index (χ1) is 9.51. The number of benzene rings is 1. The number of rotatable bonds is 5. The molecule has 1 N–H and O–H groups in total. The number of methoxy groups -OCH3 is 1. The van der Waals surface area contributed by atoms with Gasteiger partial charge in [-0.3, -0.25) is 0 Å². The normalized spacial score (nSPS) is 10.4. The molecule has 1 aromatic carbocycles. The third kappa shape index (κ3) is 3.40. The Kier molecular flexibility index (Phi) is 4.82. The largest absolute Gasteiger partial charge is 0.480 e. The van der Waals surface area contributed by atoms with Gasteiger partial charge < -0.3 is 15.0 Å². The van der Waals surface area contributed by atoms with Gasteiger partial charge in [0.15, 0.2) is 5.13 Å². The maximum absolute atomic E-state index is 13.7. The number of nitrogens with zero attached hydrogens (tertiary/aromatic N) is 2. The van der Waals surface area contributed by atoms with Gasteiger partial charge in [-0.15, -0.1) is 0 Å². The molecule has 4 nitrogen and oxygen atoms in total. The lowest BCUT2D eigenvalue weighted by Crippen LogP contribution is -2.07. The summed E-state index contributed by atoms with van der Waals surface area (Å²) in [5.74, 6) is 0.283. The molecule has 0 bridgehead atoms. The topological polar surface area (TPSA) is 37.4 Å². The van der Waals surface area contributed by atoms with Crippen LogP contribution in [-0.2, 0) is 6.54 Å². The Morgan fingerprint density at radius 1 is 1.45 bits per heavy atom. The highest BCUT2D eigenvalue weighted by molar-refractivity contribution is 9.10. The molecule has 0 aliphatic carbocycles. The zero-order chi connectivity index (χ0) is 14.7. The lowest BCUT2D eigenvalue weighted by atomic mass is 10.3. The van der Waals surface area contributed by atoms with Gasteiger partial charge >= 0.3 is 0 Å². The van der Waals surface area contributed by atoms with E-state index in [0.29, 0.717) is 18.1 Å². The number of halogens is 2. The van der Waals surface area contributed by atoms with Gasteiger partial charge in [-0.1, -0.05) is 27.3 Å². The smallest absolute Gasteiger partial charge is 0.231 e. The molecule has 108 valence electrons. The van der Waals surface area contributed by atoms with Crippen molar-refractivity contribution < 1.29 is 9.13 Å². The van der Waals surface area contributed by atoms with E-state index in [-0.39, 0.29) is 5.82 Å². The average Bonchev–Trinajstić information content (AvgIpc) is 2.83. The molecule has 1 heterocycles. The summed E-state index contributed by atoms with van der Waals surface area (Å²) in [6, 6.07) is 4.79. The minimum Gasteiger partial charge on any atom is -0.480 e. The molecular weight excluding hydrogens is 345 g/mol. The monoisotopic (exact) mass is 359 g/mol. The minimum absolute atomic E-state index is 0.287. The molecule has 0 atom stereocenters. The summed E-state index contributed by atoms with van der Waals surface area (Å²) in [4.78, 5) is 7.20. The second kappa shape index (κ2) is 6.41. The zero-order valence-electron chi connectivity index (χ0n) is 11.4. The van der Waals surface area contributed by atoms with Crippen molar-refractivity contribution in [3.63, 3.8) is 0 Å². The second-order valence-electron chi connectivity index (χ2n) is 4.30. The number of hydrogen-bond acceptors (Lipinski definition) is 5. The summed E-state index contributed by atoms with van der Waals surface area (Å²) >= 11 is 4.84. The molecule has 0 amide bonds. The first-order valence-electron chi connectivity index (χ1n) is 5.91. The number of aromatic nitrogens is 1. The highest BCUT2D eigenvalue weighted by atomic mass is 79.9. The lowest BCUT2D eigenvalue weighted by Gasteiger charge is -2.07. The molecule has 0 radical (unpaired) electrons. The Labute approximate surface area is 129 Å². The molecule has 0 aliphatic heterocycles. The summed E-state index contributed by atoms with van der Waals surface area (Å²) in [6.45, 7) is 0.460. The van der Waals surface area contributed by atoms with E-state index in [1.54, 1.807) is 19.2 Å². The van der Waals surface area contributed by atoms with E-state index in [4.69, 9.17) is 4.74 Å². The van der Waals surface area contributed by atoms with Crippen LogP contribution in [0.25, 0.3) is 0 Å². The highest BCUT2D eigenvalue weighted by Gasteiger charge is 2.13. The van der Waals surface area contributed by atoms with Crippen molar-refractivity contribution in [3.05, 3.63) is 33.4 Å². The van der Waals surface area contributed by atoms with Gasteiger partial charge in [0.1, 0.15) is 5.82 Å². The summed E-state index contributed by atoms with van der Waals surface area (Å²) in [6.07, 6.45) is 0. The van der Waals surface area contributed by atoms with E-state index in [1.165, 1.54) is 17.4 Å². The van der Waals surface area contributed by atoms with E-state index in [9.17, 15) is 4.39 Å². The predicted molar refractivity (Wildman–Crippen MR) is 84.4 cm³/mol. The van der Waals surface area contributed by atoms with Crippen LogP contribution in [0.4, 0.5) is 15.2 Å². The van der Waals surface area contributed by atoms with Crippen LogP contribution < -0.4 is 15.0 Å². The van der Waals surface area contributed by atoms with Crippen LogP contribution in [0, 0.1) is 5.82 Å². The average molecular weight is 360 g/mol. The van der Waals surface area contributed by atoms with Crippen LogP contribution in [0.3, 0.4) is 0 Å². The molecule has 0 spiro atoms. The minimum atomic E-state index is -0.287. The van der Waals surface area contributed by atoms with Crippen molar-refractivity contribution >= 4 is 38.1 Å². The quantitative estimate of drug-likeness (QED) is 0.882. The second-order valence-corrected chi connectivity index (χ2v) is 6.28. The molecule has 0 saturated carbocycles. The molecular formula is C13H15BrFN3OS. The molecule has 0 saturated heterocycles. The molecule has 0 unspecified atom stereocenters. The molecule has 0 fully saturated rings. The fraction of sp³-hybridized carbons (Fsp3) is 0.308. The van der Waals surface area contributed by atoms with Crippen LogP contribution in [0.5, 0.6) is 5.88 Å². The molecule has 20 heavy (non-hydrogen) atoms. The SMILES string of the molecule is COc1nc(N(C)C)sc1CNc1cc(Br)ccc1F. The lowest BCUT2D eigenvalue weighted by molar-refractivity contribution is 0.397. The first kappa shape index (κ1) is 15.1. The van der Waals surface area contributed by atoms with Gasteiger partial charge in [-0.25, -0.2) is 4.39 Å². The summed E-state index contributed by atoms with van der Waals surface area (Å²) in [5.41, 5.74) is 0.446. The number of nitrogens with one attached hydrogen (secondary N) is 1. The standard InChI is InChI=1S/C13H15BrFN3OS/c1-18(2)13-17-12(19-3)11(20-13)7-16-10-6-8(14)4-5-9(10)15/h4-6,16H,7H2,1-3H3. The predicted octanol–water partition coefficient (Wildman–Crippen LogP) is 3.73. The van der Waals surface area contributed by atoms with E-state index in [1.807, 2.05) is 19.0 Å². The first-order valence-corrected chi connectivity index (χ1v) is 7.52. The van der Waals surface area contributed by atoms with Crippen molar-refractivity contribution in [1.29, 1.82) is 0 Å². The molecule has 2 aromatic rings. The van der Waals surface area contributed by atoms with Crippen molar-refractivity contribution in [1.82, 2.24) is 4.98 Å². The number of thiazole rings is 1. The van der Waals surface area contributed by atoms with Crippen LogP contribution >= 0.6 is 27.3 Å². The van der Waals surface area contributed by atoms with E-state index in [2.05, 4.69) is 26.2 Å². The summed E-state index contributed by atoms with van der Waals surface area (Å²) in [5, 5.41) is 3.92. The number of anilines is 2. The van der Waals surface area contributed by atoms with Crippen LogP contribution in [-0.4, -0.2) is 26.2 Å². The van der Waals surface area contributed by atoms with E-state index < -0.39 is 0 Å². The number of hydrogen-bond donors (Lipinski definition) is 1. The summed E-state index contributed by atoms with van der Waals surface area (Å²) < 4.78 is 19.7. The highest BCUT2D eigenvalue weighted by Crippen LogP contribution is 2.31. The van der Waals surface area contributed by atoms with Gasteiger partial charge in [-0.05, 0) is 18.2 Å². The van der Waals surface area contributed by atoms with Crippen molar-refractivity contribution in [2.24, 2.45) is 0 Å². The third-order valence-electron chi connectivity index (χ3n) is 2.59. The maximum atomic E-state index is 13.7. The fourth-order valence-corrected chi connectivity index (χ4v) is 2.85. The van der Waals surface area contributed by atoms with Gasteiger partial charge in [0.25, 0.3) is 0 Å². The third-order valence-corrected chi connectivity index (χ3v) is 4.29. The van der Waals surface area contributed by atoms with Crippen LogP contribution in [0.1, 0.15) is 4.88 Å². The zero-order valence-corrected chi connectivity index (χ0v) is 13.8. The van der Waals surface area contributed by atoms with Gasteiger partial charge in [0.05, 0.1) is 24.2 Å². The van der Waals surface area contributed by atoms with Gasteiger partial charge in [0.2, 0.25) is 5.88 Å². The van der Waals surface area contributed by atoms with Gasteiger partial charge in [-0.2, -0.15) is 4.98 Å². The van der Waals surface area contributed by atoms with Gasteiger partial charge in [0, 0.05) is 18.6 Å². The fourth-order valence-electron chi connectivity index (χ4n) is 1.60. The molecule has 0 aliphatic rings. The number of ether oxygens (including phenoxy) is 1. The van der Waals surface area contributed by atoms with Crippen molar-refractivity contribution in [2.75, 3.05) is 31.4 Å². The van der Waals surface area contributed by atoms with E-state index >= 15 is 0 Å². The van der Waals surface area contributed by atoms with Crippen molar-refractivity contribution in [3.8, 4) is 5.88 Å². The summed E-state index contributed by atoms with van der Waals surface area (Å²) in [7, 11) is 5.42. The van der Waals surface area contributed by atoms with Crippen LogP contribution in [0.15, 0.2) is 22.7 Å². The molecule has 7 heteroatoms. The molecule has 2 rings (SSSR count). The Hall–Kier alpha value is -1.34. The van der Waals surface area contributed by atoms with Crippen LogP contribution in [0.2, 0.25) is 0 Å². The Bertz CT molecular complexity index is 603.